The van der Waals surface area contributed by atoms with Crippen LogP contribution in [0.1, 0.15) is 30.3 Å². The molecule has 3 heterocycles. The lowest BCUT2D eigenvalue weighted by Crippen LogP contribution is -2.33. The Balaban J connectivity index is 1.25. The van der Waals surface area contributed by atoms with E-state index in [4.69, 9.17) is 4.42 Å². The van der Waals surface area contributed by atoms with Gasteiger partial charge in [-0.3, -0.25) is 4.79 Å². The maximum absolute atomic E-state index is 12.5. The molecule has 1 saturated heterocycles. The van der Waals surface area contributed by atoms with Crippen LogP contribution in [0.4, 0.5) is 11.5 Å². The standard InChI is InChI=1S/C25H24N4O2/c1-17-12-14-29(15-13-17)24-11-10-21(27-28-24)18-6-8-20(9-7-18)26-25(30)23-16-19-4-2-3-5-22(19)31-23/h2-11,16-17H,12-15H2,1H3,(H,26,30). The Kier molecular flexibility index (Phi) is 5.12. The van der Waals surface area contributed by atoms with Gasteiger partial charge >= 0.3 is 0 Å². The molecule has 1 fully saturated rings. The summed E-state index contributed by atoms with van der Waals surface area (Å²) in [5, 5.41) is 12.6. The zero-order valence-corrected chi connectivity index (χ0v) is 17.4. The maximum atomic E-state index is 12.5. The Bertz CT molecular complexity index is 1160. The normalized spacial score (nSPS) is 14.7. The van der Waals surface area contributed by atoms with Gasteiger partial charge in [0.1, 0.15) is 5.58 Å². The SMILES string of the molecule is CC1CCN(c2ccc(-c3ccc(NC(=O)c4cc5ccccc5o4)cc3)nn2)CC1. The fraction of sp³-hybridized carbons (Fsp3) is 0.240. The summed E-state index contributed by atoms with van der Waals surface area (Å²) in [5.74, 6) is 1.74. The van der Waals surface area contributed by atoms with Crippen molar-refractivity contribution in [2.45, 2.75) is 19.8 Å². The first kappa shape index (κ1) is 19.3. The molecule has 31 heavy (non-hydrogen) atoms. The average molecular weight is 412 g/mol. The molecule has 1 N–H and O–H groups in total. The number of aromatic nitrogens is 2. The highest BCUT2D eigenvalue weighted by Crippen LogP contribution is 2.24. The molecule has 6 heteroatoms. The van der Waals surface area contributed by atoms with Gasteiger partial charge in [-0.05, 0) is 55.2 Å². The Morgan fingerprint density at radius 3 is 2.48 bits per heavy atom. The monoisotopic (exact) mass is 412 g/mol. The number of hydrogen-bond donors (Lipinski definition) is 1. The number of carbonyl (C=O) groups excluding carboxylic acids is 1. The van der Waals surface area contributed by atoms with Crippen molar-refractivity contribution in [3.05, 3.63) is 72.5 Å². The topological polar surface area (TPSA) is 71.3 Å². The summed E-state index contributed by atoms with van der Waals surface area (Å²) in [6.45, 7) is 4.37. The number of benzene rings is 2. The Hall–Kier alpha value is -3.67. The molecule has 0 unspecified atom stereocenters. The molecular weight excluding hydrogens is 388 g/mol. The van der Waals surface area contributed by atoms with Crippen molar-refractivity contribution in [2.24, 2.45) is 5.92 Å². The molecular formula is C25H24N4O2. The molecule has 4 aromatic rings. The third kappa shape index (κ3) is 4.14. The Labute approximate surface area is 180 Å². The van der Waals surface area contributed by atoms with Crippen molar-refractivity contribution >= 4 is 28.4 Å². The van der Waals surface area contributed by atoms with Gasteiger partial charge in [0.15, 0.2) is 11.6 Å². The van der Waals surface area contributed by atoms with Gasteiger partial charge in [-0.2, -0.15) is 0 Å². The van der Waals surface area contributed by atoms with Crippen molar-refractivity contribution in [3.8, 4) is 11.3 Å². The summed E-state index contributed by atoms with van der Waals surface area (Å²) in [5.41, 5.74) is 3.16. The Morgan fingerprint density at radius 1 is 1.00 bits per heavy atom. The second-order valence-corrected chi connectivity index (χ2v) is 8.13. The summed E-state index contributed by atoms with van der Waals surface area (Å²) >= 11 is 0. The van der Waals surface area contributed by atoms with Gasteiger partial charge in [-0.15, -0.1) is 10.2 Å². The van der Waals surface area contributed by atoms with Gasteiger partial charge in [-0.1, -0.05) is 37.3 Å². The van der Waals surface area contributed by atoms with E-state index in [2.05, 4.69) is 27.3 Å². The lowest BCUT2D eigenvalue weighted by Gasteiger charge is -2.30. The van der Waals surface area contributed by atoms with E-state index < -0.39 is 0 Å². The number of fused-ring (bicyclic) bond motifs is 1. The fourth-order valence-electron chi connectivity index (χ4n) is 3.90. The molecule has 1 aliphatic heterocycles. The number of nitrogens with one attached hydrogen (secondary N) is 1. The quantitative estimate of drug-likeness (QED) is 0.487. The molecule has 2 aromatic heterocycles. The number of hydrogen-bond acceptors (Lipinski definition) is 5. The first-order valence-corrected chi connectivity index (χ1v) is 10.6. The molecule has 0 atom stereocenters. The van der Waals surface area contributed by atoms with Crippen LogP contribution in [-0.4, -0.2) is 29.2 Å². The van der Waals surface area contributed by atoms with Gasteiger partial charge in [0, 0.05) is 29.7 Å². The maximum Gasteiger partial charge on any atom is 0.291 e. The van der Waals surface area contributed by atoms with E-state index in [0.717, 1.165) is 41.5 Å². The molecule has 0 spiro atoms. The minimum Gasteiger partial charge on any atom is -0.451 e. The molecule has 0 bridgehead atoms. The van der Waals surface area contributed by atoms with E-state index in [1.165, 1.54) is 12.8 Å². The number of amides is 1. The highest BCUT2D eigenvalue weighted by molar-refractivity contribution is 6.04. The summed E-state index contributed by atoms with van der Waals surface area (Å²) in [6.07, 6.45) is 2.40. The number of anilines is 2. The molecule has 1 aliphatic rings. The fourth-order valence-corrected chi connectivity index (χ4v) is 3.90. The molecule has 0 radical (unpaired) electrons. The average Bonchev–Trinajstić information content (AvgIpc) is 3.25. The number of piperidine rings is 1. The molecule has 0 saturated carbocycles. The van der Waals surface area contributed by atoms with E-state index in [1.54, 1.807) is 6.07 Å². The number of nitrogens with zero attached hydrogens (tertiary/aromatic N) is 3. The molecule has 0 aliphatic carbocycles. The van der Waals surface area contributed by atoms with E-state index >= 15 is 0 Å². The van der Waals surface area contributed by atoms with Crippen LogP contribution in [0.2, 0.25) is 0 Å². The lowest BCUT2D eigenvalue weighted by atomic mass is 9.99. The van der Waals surface area contributed by atoms with Crippen molar-refractivity contribution in [3.63, 3.8) is 0 Å². The van der Waals surface area contributed by atoms with Crippen molar-refractivity contribution in [1.82, 2.24) is 10.2 Å². The van der Waals surface area contributed by atoms with E-state index in [9.17, 15) is 4.79 Å². The number of furan rings is 1. The third-order valence-electron chi connectivity index (χ3n) is 5.85. The molecule has 156 valence electrons. The van der Waals surface area contributed by atoms with Crippen LogP contribution < -0.4 is 10.2 Å². The first-order valence-electron chi connectivity index (χ1n) is 10.6. The van der Waals surface area contributed by atoms with Gasteiger partial charge < -0.3 is 14.6 Å². The predicted octanol–water partition coefficient (Wildman–Crippen LogP) is 5.38. The number of carbonyl (C=O) groups is 1. The molecule has 2 aromatic carbocycles. The van der Waals surface area contributed by atoms with Crippen LogP contribution in [0.5, 0.6) is 0 Å². The predicted molar refractivity (Wildman–Crippen MR) is 122 cm³/mol. The van der Waals surface area contributed by atoms with Gasteiger partial charge in [0.25, 0.3) is 5.91 Å². The minimum atomic E-state index is -0.274. The van der Waals surface area contributed by atoms with Crippen molar-refractivity contribution < 1.29 is 9.21 Å². The zero-order chi connectivity index (χ0) is 21.2. The van der Waals surface area contributed by atoms with E-state index in [1.807, 2.05) is 60.7 Å². The van der Waals surface area contributed by atoms with Gasteiger partial charge in [0.05, 0.1) is 5.69 Å². The van der Waals surface area contributed by atoms with Crippen LogP contribution in [-0.2, 0) is 0 Å². The van der Waals surface area contributed by atoms with Gasteiger partial charge in [0.2, 0.25) is 0 Å². The second kappa shape index (κ2) is 8.22. The molecule has 1 amide bonds. The minimum absolute atomic E-state index is 0.274. The highest BCUT2D eigenvalue weighted by Gasteiger charge is 2.17. The van der Waals surface area contributed by atoms with Crippen molar-refractivity contribution in [1.29, 1.82) is 0 Å². The van der Waals surface area contributed by atoms with Crippen LogP contribution >= 0.6 is 0 Å². The first-order chi connectivity index (χ1) is 15.2. The number of para-hydroxylation sites is 1. The Morgan fingerprint density at radius 2 is 1.77 bits per heavy atom. The van der Waals surface area contributed by atoms with Crippen LogP contribution in [0.3, 0.4) is 0 Å². The summed E-state index contributed by atoms with van der Waals surface area (Å²) in [6, 6.07) is 20.9. The third-order valence-corrected chi connectivity index (χ3v) is 5.85. The summed E-state index contributed by atoms with van der Waals surface area (Å²) < 4.78 is 5.63. The van der Waals surface area contributed by atoms with E-state index in [-0.39, 0.29) is 5.91 Å². The molecule has 5 rings (SSSR count). The second-order valence-electron chi connectivity index (χ2n) is 8.13. The molecule has 6 nitrogen and oxygen atoms in total. The van der Waals surface area contributed by atoms with Crippen LogP contribution in [0.15, 0.2) is 71.1 Å². The van der Waals surface area contributed by atoms with Gasteiger partial charge in [-0.25, -0.2) is 0 Å². The van der Waals surface area contributed by atoms with Crippen LogP contribution in [0.25, 0.3) is 22.2 Å². The lowest BCUT2D eigenvalue weighted by molar-refractivity contribution is 0.0998. The summed E-state index contributed by atoms with van der Waals surface area (Å²) in [7, 11) is 0. The van der Waals surface area contributed by atoms with Crippen molar-refractivity contribution in [2.75, 3.05) is 23.3 Å². The zero-order valence-electron chi connectivity index (χ0n) is 17.4. The number of rotatable bonds is 4. The smallest absolute Gasteiger partial charge is 0.291 e. The van der Waals surface area contributed by atoms with E-state index in [0.29, 0.717) is 17.0 Å². The largest absolute Gasteiger partial charge is 0.451 e. The highest BCUT2D eigenvalue weighted by atomic mass is 16.3. The summed E-state index contributed by atoms with van der Waals surface area (Å²) in [4.78, 5) is 14.8. The van der Waals surface area contributed by atoms with Crippen LogP contribution in [0, 0.1) is 5.92 Å².